The van der Waals surface area contributed by atoms with Gasteiger partial charge in [0.25, 0.3) is 5.69 Å². The van der Waals surface area contributed by atoms with Gasteiger partial charge >= 0.3 is 29.8 Å². The lowest BCUT2D eigenvalue weighted by atomic mass is 10.1. The third-order valence-corrected chi connectivity index (χ3v) is 4.09. The average Bonchev–Trinajstić information content (AvgIpc) is 2.56. The van der Waals surface area contributed by atoms with Gasteiger partial charge in [0.2, 0.25) is 11.1 Å². The van der Waals surface area contributed by atoms with Crippen LogP contribution in [0.25, 0.3) is 0 Å². The molecular weight excluding hydrogens is 498 g/mol. The minimum Gasteiger partial charge on any atom is -0.281 e. The second-order valence-corrected chi connectivity index (χ2v) is 6.42. The van der Waals surface area contributed by atoms with Crippen LogP contribution in [0, 0.1) is 10.1 Å². The van der Waals surface area contributed by atoms with Crippen molar-refractivity contribution >= 4 is 16.8 Å². The van der Waals surface area contributed by atoms with Gasteiger partial charge in [0.1, 0.15) is 0 Å². The number of alkyl halides is 12. The summed E-state index contributed by atoms with van der Waals surface area (Å²) in [4.78, 5) is 9.31. The van der Waals surface area contributed by atoms with Crippen LogP contribution in [-0.4, -0.2) is 32.8 Å². The van der Waals surface area contributed by atoms with Crippen molar-refractivity contribution in [3.63, 3.8) is 0 Å². The zero-order valence-corrected chi connectivity index (χ0v) is 14.7. The number of nitro groups is 1. The summed E-state index contributed by atoms with van der Waals surface area (Å²) in [6, 6.07) is 1.07. The quantitative estimate of drug-likeness (QED) is 0.279. The third kappa shape index (κ3) is 5.76. The van der Waals surface area contributed by atoms with Crippen LogP contribution in [0.2, 0.25) is 0 Å². The average molecular weight is 503 g/mol. The van der Waals surface area contributed by atoms with Crippen molar-refractivity contribution in [1.29, 1.82) is 0 Å². The second kappa shape index (κ2) is 8.41. The van der Waals surface area contributed by atoms with Crippen molar-refractivity contribution in [1.82, 2.24) is 0 Å². The Morgan fingerprint density at radius 3 is 1.84 bits per heavy atom. The van der Waals surface area contributed by atoms with Crippen LogP contribution < -0.4 is 0 Å². The van der Waals surface area contributed by atoms with E-state index < -0.39 is 69.2 Å². The fourth-order valence-electron chi connectivity index (χ4n) is 1.72. The molecule has 0 saturated heterocycles. The minimum atomic E-state index is -6.90. The first-order valence-corrected chi connectivity index (χ1v) is 8.01. The largest absolute Gasteiger partial charge is 0.483 e. The van der Waals surface area contributed by atoms with E-state index >= 15 is 0 Å². The molecule has 0 aliphatic carbocycles. The number of hydrogen-bond acceptors (Lipinski definition) is 5. The Morgan fingerprint density at radius 1 is 0.903 bits per heavy atom. The zero-order valence-electron chi connectivity index (χ0n) is 13.9. The number of nitro benzene ring substituents is 1. The number of nitrogens with zero attached hydrogens (tertiary/aromatic N) is 1. The Kier molecular flexibility index (Phi) is 7.30. The van der Waals surface area contributed by atoms with Crippen molar-refractivity contribution in [3.05, 3.63) is 39.4 Å². The van der Waals surface area contributed by atoms with E-state index in [-0.39, 0.29) is 6.07 Å². The highest BCUT2D eigenvalue weighted by molar-refractivity contribution is 7.81. The van der Waals surface area contributed by atoms with Crippen molar-refractivity contribution < 1.29 is 70.7 Å². The monoisotopic (exact) mass is 503 g/mol. The summed E-state index contributed by atoms with van der Waals surface area (Å²) >= 11 is -4.92. The van der Waals surface area contributed by atoms with Crippen molar-refractivity contribution in [3.8, 4) is 0 Å². The number of ether oxygens (including phenoxy) is 1. The molecule has 0 amide bonds. The molecule has 0 aromatic heterocycles. The number of halogens is 12. The Bertz CT molecular complexity index is 853. The van der Waals surface area contributed by atoms with Crippen LogP contribution in [0.1, 0.15) is 11.1 Å². The Balaban J connectivity index is 3.21. The molecule has 0 saturated carbocycles. The fourth-order valence-corrected chi connectivity index (χ4v) is 2.33. The topological polar surface area (TPSA) is 78.7 Å². The first-order chi connectivity index (χ1) is 13.6. The first kappa shape index (κ1) is 26.9. The van der Waals surface area contributed by atoms with E-state index in [0.717, 1.165) is 0 Å². The molecule has 0 aliphatic rings. The minimum absolute atomic E-state index is 0.175. The van der Waals surface area contributed by atoms with Crippen LogP contribution in [0.4, 0.5) is 58.4 Å². The molecule has 178 valence electrons. The van der Waals surface area contributed by atoms with Gasteiger partial charge in [-0.25, -0.2) is 8.95 Å². The SMILES string of the molecule is O=[N+]([O-])c1cccc(C(F)(F)F)c1COS(=O)C(F)(F)C(F)(F)OC(F)(F)C(F)(F)F. The normalized spacial score (nSPS) is 15.1. The van der Waals surface area contributed by atoms with Gasteiger partial charge in [-0.05, 0) is 6.07 Å². The van der Waals surface area contributed by atoms with E-state index in [0.29, 0.717) is 12.1 Å². The maximum absolute atomic E-state index is 13.5. The van der Waals surface area contributed by atoms with E-state index in [2.05, 4.69) is 4.18 Å². The molecule has 0 aliphatic heterocycles. The van der Waals surface area contributed by atoms with Gasteiger partial charge < -0.3 is 0 Å². The fraction of sp³-hybridized carbons (Fsp3) is 0.500. The lowest BCUT2D eigenvalue weighted by molar-refractivity contribution is -0.476. The maximum Gasteiger partial charge on any atom is 0.483 e. The lowest BCUT2D eigenvalue weighted by Gasteiger charge is -2.29. The number of hydrogen-bond donors (Lipinski definition) is 0. The van der Waals surface area contributed by atoms with E-state index in [1.807, 2.05) is 0 Å². The van der Waals surface area contributed by atoms with Gasteiger partial charge in [-0.2, -0.15) is 52.7 Å². The zero-order chi connectivity index (χ0) is 24.6. The molecule has 1 aromatic carbocycles. The highest BCUT2D eigenvalue weighted by Gasteiger charge is 2.72. The van der Waals surface area contributed by atoms with Crippen molar-refractivity contribution in [2.45, 2.75) is 36.4 Å². The van der Waals surface area contributed by atoms with Gasteiger partial charge in [-0.15, -0.1) is 0 Å². The van der Waals surface area contributed by atoms with Crippen LogP contribution in [0.15, 0.2) is 18.2 Å². The van der Waals surface area contributed by atoms with Crippen molar-refractivity contribution in [2.24, 2.45) is 0 Å². The molecule has 31 heavy (non-hydrogen) atoms. The highest BCUT2D eigenvalue weighted by atomic mass is 32.2. The summed E-state index contributed by atoms with van der Waals surface area (Å²) in [6.07, 6.45) is -25.9. The molecule has 1 unspecified atom stereocenters. The molecule has 1 aromatic rings. The lowest BCUT2D eigenvalue weighted by Crippen LogP contribution is -2.53. The molecular formula is C12H5F12NO5S. The van der Waals surface area contributed by atoms with Crippen LogP contribution >= 0.6 is 0 Å². The second-order valence-electron chi connectivity index (χ2n) is 5.21. The van der Waals surface area contributed by atoms with Crippen LogP contribution in [0.3, 0.4) is 0 Å². The Morgan fingerprint density at radius 2 is 1.42 bits per heavy atom. The Labute approximate surface area is 164 Å². The van der Waals surface area contributed by atoms with Gasteiger partial charge in [-0.1, -0.05) is 6.07 Å². The molecule has 0 radical (unpaired) electrons. The van der Waals surface area contributed by atoms with Crippen LogP contribution in [-0.2, 0) is 32.8 Å². The molecule has 19 heteroatoms. The predicted octanol–water partition coefficient (Wildman–Crippen LogP) is 5.15. The van der Waals surface area contributed by atoms with E-state index in [9.17, 15) is 67.0 Å². The molecule has 0 bridgehead atoms. The van der Waals surface area contributed by atoms with E-state index in [4.69, 9.17) is 0 Å². The molecule has 0 heterocycles. The van der Waals surface area contributed by atoms with E-state index in [1.54, 1.807) is 4.74 Å². The molecule has 0 fully saturated rings. The van der Waals surface area contributed by atoms with Crippen LogP contribution in [0.5, 0.6) is 0 Å². The summed E-state index contributed by atoms with van der Waals surface area (Å²) < 4.78 is 169. The van der Waals surface area contributed by atoms with Gasteiger partial charge in [-0.3, -0.25) is 14.3 Å². The van der Waals surface area contributed by atoms with Gasteiger partial charge in [0, 0.05) is 6.07 Å². The maximum atomic E-state index is 13.5. The molecule has 0 N–H and O–H groups in total. The number of benzene rings is 1. The Hall–Kier alpha value is -2.15. The molecule has 1 atom stereocenters. The highest BCUT2D eigenvalue weighted by Crippen LogP contribution is 2.47. The smallest absolute Gasteiger partial charge is 0.281 e. The summed E-state index contributed by atoms with van der Waals surface area (Å²) in [7, 11) is 0. The third-order valence-electron chi connectivity index (χ3n) is 3.10. The number of rotatable bonds is 8. The van der Waals surface area contributed by atoms with E-state index in [1.165, 1.54) is 0 Å². The summed E-state index contributed by atoms with van der Waals surface area (Å²) in [5.41, 5.74) is -4.91. The standard InChI is InChI=1S/C12H5F12NO5S/c13-8(14,15)6-2-1-3-7(25(26)27)5(6)4-29-31(28)12(23,24)11(21,22)30-10(19,20)9(16,17)18/h1-3H,4H2. The first-order valence-electron chi connectivity index (χ1n) is 6.94. The molecule has 6 nitrogen and oxygen atoms in total. The van der Waals surface area contributed by atoms with Gasteiger partial charge in [0.05, 0.1) is 22.7 Å². The summed E-state index contributed by atoms with van der Waals surface area (Å²) in [5, 5.41) is 4.31. The molecule has 1 rings (SSSR count). The molecule has 0 spiro atoms. The summed E-state index contributed by atoms with van der Waals surface area (Å²) in [5.74, 6) is 0. The summed E-state index contributed by atoms with van der Waals surface area (Å²) in [6.45, 7) is -2.06. The van der Waals surface area contributed by atoms with Crippen molar-refractivity contribution in [2.75, 3.05) is 0 Å². The predicted molar refractivity (Wildman–Crippen MR) is 73.0 cm³/mol. The van der Waals surface area contributed by atoms with Gasteiger partial charge in [0.15, 0.2) is 0 Å².